The molecule has 0 aliphatic carbocycles. The van der Waals surface area contributed by atoms with Crippen LogP contribution in [0, 0.1) is 0 Å². The second-order valence-electron chi connectivity index (χ2n) is 5.17. The average Bonchev–Trinajstić information content (AvgIpc) is 2.78. The van der Waals surface area contributed by atoms with E-state index in [0.717, 1.165) is 32.4 Å². The quantitative estimate of drug-likeness (QED) is 0.730. The van der Waals surface area contributed by atoms with E-state index in [2.05, 4.69) is 26.1 Å². The molecule has 0 aromatic carbocycles. The molecule has 1 aliphatic rings. The Labute approximate surface area is 98.0 Å². The van der Waals surface area contributed by atoms with Gasteiger partial charge in [0.1, 0.15) is 6.10 Å². The molecule has 16 heavy (non-hydrogen) atoms. The lowest BCUT2D eigenvalue weighted by molar-refractivity contribution is -0.138. The molecule has 0 aromatic rings. The lowest BCUT2D eigenvalue weighted by atomic mass is 10.0. The number of hydrogen-bond donors (Lipinski definition) is 2. The van der Waals surface area contributed by atoms with Crippen molar-refractivity contribution in [2.75, 3.05) is 19.6 Å². The maximum atomic E-state index is 11.8. The Morgan fingerprint density at radius 2 is 2.00 bits per heavy atom. The van der Waals surface area contributed by atoms with E-state index in [9.17, 15) is 9.90 Å². The van der Waals surface area contributed by atoms with Gasteiger partial charge in [0.25, 0.3) is 5.91 Å². The number of carbonyl (C=O) groups excluding carboxylic acids is 1. The number of carbonyl (C=O) groups is 1. The maximum Gasteiger partial charge on any atom is 0.252 e. The Hall–Kier alpha value is -0.610. The van der Waals surface area contributed by atoms with Crippen molar-refractivity contribution >= 4 is 5.91 Å². The Balaban J connectivity index is 2.34. The summed E-state index contributed by atoms with van der Waals surface area (Å²) in [5.74, 6) is -0.128. The van der Waals surface area contributed by atoms with Crippen molar-refractivity contribution in [2.24, 2.45) is 0 Å². The van der Waals surface area contributed by atoms with Gasteiger partial charge in [-0.2, -0.15) is 0 Å². The molecule has 0 bridgehead atoms. The summed E-state index contributed by atoms with van der Waals surface area (Å²) in [6, 6.07) is 0. The van der Waals surface area contributed by atoms with Gasteiger partial charge in [-0.3, -0.25) is 4.79 Å². The highest BCUT2D eigenvalue weighted by molar-refractivity contribution is 5.81. The van der Waals surface area contributed by atoms with Crippen LogP contribution >= 0.6 is 0 Å². The Morgan fingerprint density at radius 3 is 2.50 bits per heavy atom. The van der Waals surface area contributed by atoms with Gasteiger partial charge < -0.3 is 15.3 Å². The monoisotopic (exact) mass is 228 g/mol. The highest BCUT2D eigenvalue weighted by Crippen LogP contribution is 2.10. The summed E-state index contributed by atoms with van der Waals surface area (Å²) in [5, 5.41) is 13.0. The highest BCUT2D eigenvalue weighted by atomic mass is 16.3. The van der Waals surface area contributed by atoms with Crippen molar-refractivity contribution < 1.29 is 9.90 Å². The zero-order valence-corrected chi connectivity index (χ0v) is 10.6. The van der Waals surface area contributed by atoms with E-state index in [1.807, 2.05) is 0 Å². The molecular formula is C12H24N2O2. The summed E-state index contributed by atoms with van der Waals surface area (Å²) in [4.78, 5) is 13.5. The number of rotatable bonds is 5. The molecule has 1 atom stereocenters. The van der Waals surface area contributed by atoms with E-state index < -0.39 is 6.10 Å². The molecule has 1 aliphatic heterocycles. The first-order valence-electron chi connectivity index (χ1n) is 6.18. The van der Waals surface area contributed by atoms with Gasteiger partial charge in [0, 0.05) is 25.2 Å². The van der Waals surface area contributed by atoms with Crippen LogP contribution in [0.4, 0.5) is 0 Å². The molecule has 1 fully saturated rings. The number of β-amino-alcohol motifs (C(OH)–C–C–N with tert-alkyl or cyclic N) is 1. The van der Waals surface area contributed by atoms with Gasteiger partial charge in [0.05, 0.1) is 0 Å². The Morgan fingerprint density at radius 1 is 1.44 bits per heavy atom. The van der Waals surface area contributed by atoms with Crippen LogP contribution in [0.2, 0.25) is 0 Å². The molecule has 4 nitrogen and oxygen atoms in total. The van der Waals surface area contributed by atoms with Crippen LogP contribution in [0.5, 0.6) is 0 Å². The average molecular weight is 228 g/mol. The van der Waals surface area contributed by atoms with Gasteiger partial charge in [0.2, 0.25) is 0 Å². The van der Waals surface area contributed by atoms with E-state index in [4.69, 9.17) is 0 Å². The van der Waals surface area contributed by atoms with Gasteiger partial charge in [-0.1, -0.05) is 6.92 Å². The number of nitrogens with one attached hydrogen (secondary N) is 1. The van der Waals surface area contributed by atoms with Crippen molar-refractivity contribution in [2.45, 2.75) is 51.7 Å². The second kappa shape index (κ2) is 5.64. The second-order valence-corrected chi connectivity index (χ2v) is 5.17. The highest BCUT2D eigenvalue weighted by Gasteiger charge is 2.26. The minimum absolute atomic E-state index is 0.0216. The fraction of sp³-hybridized carbons (Fsp3) is 0.917. The molecule has 0 saturated carbocycles. The smallest absolute Gasteiger partial charge is 0.252 e. The molecule has 1 amide bonds. The van der Waals surface area contributed by atoms with Crippen LogP contribution in [0.15, 0.2) is 0 Å². The summed E-state index contributed by atoms with van der Waals surface area (Å²) < 4.78 is 0. The van der Waals surface area contributed by atoms with E-state index in [0.29, 0.717) is 6.54 Å². The number of aliphatic hydroxyl groups is 1. The predicted molar refractivity (Wildman–Crippen MR) is 64.2 cm³/mol. The number of hydrogen-bond acceptors (Lipinski definition) is 3. The normalized spacial score (nSPS) is 18.9. The number of nitrogens with zero attached hydrogens (tertiary/aromatic N) is 1. The summed E-state index contributed by atoms with van der Waals surface area (Å²) in [6.07, 6.45) is 2.19. The molecule has 0 radical (unpaired) electrons. The van der Waals surface area contributed by atoms with Gasteiger partial charge in [-0.25, -0.2) is 0 Å². The van der Waals surface area contributed by atoms with E-state index in [-0.39, 0.29) is 11.4 Å². The first-order valence-corrected chi connectivity index (χ1v) is 6.18. The molecule has 94 valence electrons. The minimum atomic E-state index is -0.899. The fourth-order valence-electron chi connectivity index (χ4n) is 1.73. The Bertz CT molecular complexity index is 235. The summed E-state index contributed by atoms with van der Waals surface area (Å²) in [6.45, 7) is 8.16. The third kappa shape index (κ3) is 3.76. The molecule has 1 heterocycles. The molecule has 1 rings (SSSR count). The van der Waals surface area contributed by atoms with Crippen molar-refractivity contribution in [3.63, 3.8) is 0 Å². The van der Waals surface area contributed by atoms with Crippen LogP contribution in [-0.4, -0.2) is 47.2 Å². The third-order valence-corrected chi connectivity index (χ3v) is 3.36. The molecule has 4 heteroatoms. The lowest BCUT2D eigenvalue weighted by Gasteiger charge is -2.27. The van der Waals surface area contributed by atoms with E-state index in [1.165, 1.54) is 0 Å². The predicted octanol–water partition coefficient (Wildman–Crippen LogP) is 0.748. The number of amides is 1. The molecular weight excluding hydrogens is 204 g/mol. The molecule has 1 unspecified atom stereocenters. The van der Waals surface area contributed by atoms with Gasteiger partial charge in [-0.15, -0.1) is 0 Å². The fourth-order valence-corrected chi connectivity index (χ4v) is 1.73. The van der Waals surface area contributed by atoms with Crippen LogP contribution in [0.1, 0.15) is 40.0 Å². The zero-order valence-electron chi connectivity index (χ0n) is 10.6. The van der Waals surface area contributed by atoms with Gasteiger partial charge >= 0.3 is 0 Å². The lowest BCUT2D eigenvalue weighted by Crippen LogP contribution is -2.48. The summed E-state index contributed by atoms with van der Waals surface area (Å²) in [7, 11) is 0. The van der Waals surface area contributed by atoms with Gasteiger partial charge in [-0.05, 0) is 33.1 Å². The molecule has 0 spiro atoms. The van der Waals surface area contributed by atoms with Crippen molar-refractivity contribution in [3.05, 3.63) is 0 Å². The van der Waals surface area contributed by atoms with Crippen LogP contribution in [-0.2, 0) is 4.79 Å². The molecule has 0 aromatic heterocycles. The first-order chi connectivity index (χ1) is 7.46. The largest absolute Gasteiger partial charge is 0.382 e. The van der Waals surface area contributed by atoms with E-state index >= 15 is 0 Å². The molecule has 1 saturated heterocycles. The third-order valence-electron chi connectivity index (χ3n) is 3.36. The van der Waals surface area contributed by atoms with Crippen LogP contribution in [0.25, 0.3) is 0 Å². The zero-order chi connectivity index (χ0) is 12.2. The maximum absolute atomic E-state index is 11.8. The topological polar surface area (TPSA) is 52.6 Å². The molecule has 2 N–H and O–H groups in total. The number of aliphatic hydroxyl groups excluding tert-OH is 1. The van der Waals surface area contributed by atoms with Crippen LogP contribution < -0.4 is 5.32 Å². The first kappa shape index (κ1) is 13.5. The van der Waals surface area contributed by atoms with E-state index in [1.54, 1.807) is 4.90 Å². The van der Waals surface area contributed by atoms with Crippen molar-refractivity contribution in [3.8, 4) is 0 Å². The summed E-state index contributed by atoms with van der Waals surface area (Å²) >= 11 is 0. The van der Waals surface area contributed by atoms with Crippen LogP contribution in [0.3, 0.4) is 0 Å². The van der Waals surface area contributed by atoms with Crippen molar-refractivity contribution in [1.82, 2.24) is 10.2 Å². The minimum Gasteiger partial charge on any atom is -0.382 e. The SMILES string of the molecule is CCC(C)(C)NCC(O)C(=O)N1CCCC1. The standard InChI is InChI=1S/C12H24N2O2/c1-4-12(2,3)13-9-10(15)11(16)14-7-5-6-8-14/h10,13,15H,4-9H2,1-3H3. The number of likely N-dealkylation sites (tertiary alicyclic amines) is 1. The van der Waals surface area contributed by atoms with Crippen molar-refractivity contribution in [1.29, 1.82) is 0 Å². The summed E-state index contributed by atoms with van der Waals surface area (Å²) in [5.41, 5.74) is -0.0216. The Kier molecular flexibility index (Phi) is 4.74. The van der Waals surface area contributed by atoms with Gasteiger partial charge in [0.15, 0.2) is 0 Å².